The first-order valence-corrected chi connectivity index (χ1v) is 10.1. The number of hydrogen-bond acceptors (Lipinski definition) is 6. The Bertz CT molecular complexity index is 1430. The zero-order valence-electron chi connectivity index (χ0n) is 17.6. The topological polar surface area (TPSA) is 103 Å². The lowest BCUT2D eigenvalue weighted by Crippen LogP contribution is -2.16. The molecule has 0 amide bonds. The van der Waals surface area contributed by atoms with Gasteiger partial charge in [-0.3, -0.25) is 9.78 Å². The van der Waals surface area contributed by atoms with Gasteiger partial charge in [0.25, 0.3) is 5.56 Å². The number of hydrazone groups is 1. The van der Waals surface area contributed by atoms with Crippen molar-refractivity contribution in [2.75, 3.05) is 5.43 Å². The van der Waals surface area contributed by atoms with Crippen molar-refractivity contribution in [3.05, 3.63) is 111 Å². The van der Waals surface area contributed by atoms with Crippen LogP contribution in [-0.2, 0) is 6.61 Å². The number of rotatable bonds is 7. The first-order valence-electron chi connectivity index (χ1n) is 10.1. The van der Waals surface area contributed by atoms with E-state index in [9.17, 15) is 18.8 Å². The molecule has 0 atom stereocenters. The molecule has 1 heterocycles. The van der Waals surface area contributed by atoms with E-state index in [1.807, 2.05) is 12.1 Å². The standard InChI is InChI=1S/C25H17F2N5O2/c26-21-10-5-11-22(27)20(21)15-34-18-9-4-6-16(12-18)14-29-32-25-30-23(17-7-2-1-3-8-17)19(13-28)24(33)31-25/h1-12,14H,15H2,(H2,30,31,32,33). The van der Waals surface area contributed by atoms with Gasteiger partial charge in [-0.05, 0) is 29.8 Å². The number of hydrogen-bond donors (Lipinski definition) is 2. The summed E-state index contributed by atoms with van der Waals surface area (Å²) in [5.41, 5.74) is 3.27. The number of ether oxygens (including phenoxy) is 1. The molecule has 0 aliphatic heterocycles. The van der Waals surface area contributed by atoms with Gasteiger partial charge in [-0.15, -0.1) is 0 Å². The van der Waals surface area contributed by atoms with E-state index in [2.05, 4.69) is 20.5 Å². The van der Waals surface area contributed by atoms with Crippen LogP contribution < -0.4 is 15.7 Å². The summed E-state index contributed by atoms with van der Waals surface area (Å²) in [5, 5.41) is 13.4. The monoisotopic (exact) mass is 457 g/mol. The van der Waals surface area contributed by atoms with Gasteiger partial charge >= 0.3 is 0 Å². The summed E-state index contributed by atoms with van der Waals surface area (Å²) in [7, 11) is 0. The molecule has 0 aliphatic rings. The van der Waals surface area contributed by atoms with Crippen molar-refractivity contribution in [2.24, 2.45) is 5.10 Å². The third-order valence-corrected chi connectivity index (χ3v) is 4.77. The minimum Gasteiger partial charge on any atom is -0.489 e. The fourth-order valence-electron chi connectivity index (χ4n) is 3.11. The molecule has 2 N–H and O–H groups in total. The normalized spacial score (nSPS) is 10.7. The minimum atomic E-state index is -0.680. The van der Waals surface area contributed by atoms with E-state index in [0.717, 1.165) is 0 Å². The smallest absolute Gasteiger partial charge is 0.270 e. The average Bonchev–Trinajstić information content (AvgIpc) is 2.84. The van der Waals surface area contributed by atoms with Crippen LogP contribution in [0.5, 0.6) is 5.75 Å². The molecule has 168 valence electrons. The molecule has 0 aliphatic carbocycles. The Morgan fingerprint density at radius 3 is 2.53 bits per heavy atom. The average molecular weight is 457 g/mol. The number of halogens is 2. The fraction of sp³-hybridized carbons (Fsp3) is 0.0400. The summed E-state index contributed by atoms with van der Waals surface area (Å²) in [5.74, 6) is -0.911. The third kappa shape index (κ3) is 5.14. The van der Waals surface area contributed by atoms with Crippen molar-refractivity contribution < 1.29 is 13.5 Å². The van der Waals surface area contributed by atoms with Crippen molar-refractivity contribution in [3.8, 4) is 23.1 Å². The fourth-order valence-corrected chi connectivity index (χ4v) is 3.11. The van der Waals surface area contributed by atoms with Gasteiger partial charge in [0.15, 0.2) is 0 Å². The second-order valence-corrected chi connectivity index (χ2v) is 7.05. The maximum absolute atomic E-state index is 13.8. The van der Waals surface area contributed by atoms with Crippen molar-refractivity contribution >= 4 is 12.2 Å². The van der Waals surface area contributed by atoms with E-state index in [1.165, 1.54) is 24.4 Å². The Morgan fingerprint density at radius 2 is 1.79 bits per heavy atom. The van der Waals surface area contributed by atoms with E-state index in [4.69, 9.17) is 4.74 Å². The van der Waals surface area contributed by atoms with Crippen LogP contribution in [0.15, 0.2) is 82.7 Å². The van der Waals surface area contributed by atoms with Gasteiger partial charge in [0.1, 0.15) is 35.6 Å². The third-order valence-electron chi connectivity index (χ3n) is 4.77. The molecule has 0 radical (unpaired) electrons. The van der Waals surface area contributed by atoms with Crippen LogP contribution in [0, 0.1) is 23.0 Å². The SMILES string of the molecule is N#Cc1c(-c2ccccc2)nc(NN=Cc2cccc(OCc3c(F)cccc3F)c2)[nH]c1=O. The molecule has 7 nitrogen and oxygen atoms in total. The molecular formula is C25H17F2N5O2. The molecular weight excluding hydrogens is 440 g/mol. The number of nitrogens with one attached hydrogen (secondary N) is 2. The molecule has 4 rings (SSSR count). The molecule has 9 heteroatoms. The molecule has 34 heavy (non-hydrogen) atoms. The van der Waals surface area contributed by atoms with Crippen LogP contribution in [0.25, 0.3) is 11.3 Å². The van der Waals surface area contributed by atoms with Crippen molar-refractivity contribution in [1.82, 2.24) is 9.97 Å². The number of nitrogens with zero attached hydrogens (tertiary/aromatic N) is 3. The zero-order chi connectivity index (χ0) is 23.9. The maximum atomic E-state index is 13.8. The lowest BCUT2D eigenvalue weighted by Gasteiger charge is -2.08. The summed E-state index contributed by atoms with van der Waals surface area (Å²) in [6.45, 7) is -0.268. The van der Waals surface area contributed by atoms with Crippen LogP contribution in [-0.4, -0.2) is 16.2 Å². The maximum Gasteiger partial charge on any atom is 0.270 e. The summed E-state index contributed by atoms with van der Waals surface area (Å²) in [6, 6.07) is 21.1. The van der Waals surface area contributed by atoms with Crippen LogP contribution in [0.3, 0.4) is 0 Å². The van der Waals surface area contributed by atoms with Gasteiger partial charge in [-0.25, -0.2) is 19.2 Å². The molecule has 0 spiro atoms. The first kappa shape index (κ1) is 22.4. The molecule has 4 aromatic rings. The van der Waals surface area contributed by atoms with Gasteiger partial charge in [0.05, 0.1) is 17.5 Å². The van der Waals surface area contributed by atoms with Crippen LogP contribution in [0.4, 0.5) is 14.7 Å². The molecule has 0 unspecified atom stereocenters. The van der Waals surface area contributed by atoms with Gasteiger partial charge < -0.3 is 4.74 Å². The molecule has 0 bridgehead atoms. The molecule has 0 fully saturated rings. The predicted molar refractivity (Wildman–Crippen MR) is 123 cm³/mol. The Labute approximate surface area is 193 Å². The Morgan fingerprint density at radius 1 is 1.06 bits per heavy atom. The highest BCUT2D eigenvalue weighted by Gasteiger charge is 2.13. The predicted octanol–water partition coefficient (Wildman–Crippen LogP) is 4.61. The van der Waals surface area contributed by atoms with E-state index >= 15 is 0 Å². The van der Waals surface area contributed by atoms with Crippen molar-refractivity contribution in [1.29, 1.82) is 5.26 Å². The van der Waals surface area contributed by atoms with Crippen molar-refractivity contribution in [2.45, 2.75) is 6.61 Å². The first-order chi connectivity index (χ1) is 16.5. The van der Waals surface area contributed by atoms with Gasteiger partial charge in [0, 0.05) is 5.56 Å². The second-order valence-electron chi connectivity index (χ2n) is 7.05. The van der Waals surface area contributed by atoms with Gasteiger partial charge in [0.2, 0.25) is 5.95 Å². The lowest BCUT2D eigenvalue weighted by molar-refractivity contribution is 0.292. The highest BCUT2D eigenvalue weighted by molar-refractivity contribution is 5.80. The summed E-state index contributed by atoms with van der Waals surface area (Å²) in [6.07, 6.45) is 1.46. The minimum absolute atomic E-state index is 0.0570. The number of H-pyrrole nitrogens is 1. The summed E-state index contributed by atoms with van der Waals surface area (Å²) < 4.78 is 33.1. The zero-order valence-corrected chi connectivity index (χ0v) is 17.6. The molecule has 0 saturated heterocycles. The lowest BCUT2D eigenvalue weighted by atomic mass is 10.1. The number of anilines is 1. The van der Waals surface area contributed by atoms with Crippen LogP contribution in [0.2, 0.25) is 0 Å². The van der Waals surface area contributed by atoms with Crippen LogP contribution >= 0.6 is 0 Å². The van der Waals surface area contributed by atoms with Crippen molar-refractivity contribution in [3.63, 3.8) is 0 Å². The van der Waals surface area contributed by atoms with E-state index < -0.39 is 17.2 Å². The number of aromatic nitrogens is 2. The highest BCUT2D eigenvalue weighted by Crippen LogP contribution is 2.20. The van der Waals surface area contributed by atoms with Gasteiger partial charge in [-0.2, -0.15) is 10.4 Å². The summed E-state index contributed by atoms with van der Waals surface area (Å²) in [4.78, 5) is 19.1. The van der Waals surface area contributed by atoms with E-state index in [-0.39, 0.29) is 29.4 Å². The molecule has 3 aromatic carbocycles. The Balaban J connectivity index is 1.48. The van der Waals surface area contributed by atoms with E-state index in [0.29, 0.717) is 16.9 Å². The second kappa shape index (κ2) is 10.2. The number of aromatic amines is 1. The molecule has 0 saturated carbocycles. The number of nitriles is 1. The van der Waals surface area contributed by atoms with Crippen LogP contribution in [0.1, 0.15) is 16.7 Å². The largest absolute Gasteiger partial charge is 0.489 e. The Hall–Kier alpha value is -4.84. The molecule has 1 aromatic heterocycles. The van der Waals surface area contributed by atoms with E-state index in [1.54, 1.807) is 48.5 Å². The summed E-state index contributed by atoms with van der Waals surface area (Å²) >= 11 is 0. The Kier molecular flexibility index (Phi) is 6.70. The quantitative estimate of drug-likeness (QED) is 0.312. The number of benzene rings is 3. The highest BCUT2D eigenvalue weighted by atomic mass is 19.1. The van der Waals surface area contributed by atoms with Gasteiger partial charge in [-0.1, -0.05) is 48.5 Å².